The number of amides is 1. The van der Waals surface area contributed by atoms with Gasteiger partial charge in [-0.3, -0.25) is 9.69 Å². The molecule has 4 heterocycles. The fourth-order valence-electron chi connectivity index (χ4n) is 6.39. The molecular weight excluding hydrogens is 660 g/mol. The van der Waals surface area contributed by atoms with E-state index in [1.807, 2.05) is 17.2 Å². The van der Waals surface area contributed by atoms with Crippen molar-refractivity contribution in [2.75, 3.05) is 83.4 Å². The third kappa shape index (κ3) is 12.0. The topological polar surface area (TPSA) is 151 Å². The molecule has 1 aliphatic rings. The van der Waals surface area contributed by atoms with Crippen LogP contribution in [0.3, 0.4) is 0 Å². The van der Waals surface area contributed by atoms with Crippen LogP contribution in [0.25, 0.3) is 11.0 Å². The van der Waals surface area contributed by atoms with E-state index < -0.39 is 0 Å². The van der Waals surface area contributed by atoms with Gasteiger partial charge in [0, 0.05) is 71.2 Å². The normalized spacial score (nSPS) is 13.7. The fourth-order valence-corrected chi connectivity index (χ4v) is 6.39. The quantitative estimate of drug-likeness (QED) is 0.106. The number of anilines is 2. The Morgan fingerprint density at radius 3 is 2.40 bits per heavy atom. The van der Waals surface area contributed by atoms with Gasteiger partial charge in [-0.05, 0) is 48.9 Å². The molecule has 14 nitrogen and oxygen atoms in total. The molecule has 52 heavy (non-hydrogen) atoms. The van der Waals surface area contributed by atoms with E-state index in [0.29, 0.717) is 59.0 Å². The van der Waals surface area contributed by atoms with E-state index >= 15 is 0 Å². The van der Waals surface area contributed by atoms with Crippen LogP contribution in [0.15, 0.2) is 36.7 Å². The molecule has 4 aromatic rings. The van der Waals surface area contributed by atoms with Gasteiger partial charge >= 0.3 is 0 Å². The minimum atomic E-state index is 0.207. The van der Waals surface area contributed by atoms with Gasteiger partial charge in [-0.1, -0.05) is 50.1 Å². The van der Waals surface area contributed by atoms with Gasteiger partial charge in [-0.15, -0.1) is 5.10 Å². The van der Waals surface area contributed by atoms with E-state index in [1.54, 1.807) is 4.68 Å². The number of piperazine rings is 1. The zero-order valence-electron chi connectivity index (χ0n) is 31.4. The van der Waals surface area contributed by atoms with Crippen LogP contribution < -0.4 is 11.1 Å². The number of nitrogen functional groups attached to an aromatic ring is 1. The van der Waals surface area contributed by atoms with Crippen LogP contribution in [-0.4, -0.2) is 118 Å². The molecule has 1 saturated heterocycles. The molecule has 0 saturated carbocycles. The minimum Gasteiger partial charge on any atom is -0.379 e. The van der Waals surface area contributed by atoms with Gasteiger partial charge in [0.1, 0.15) is 5.52 Å². The first-order valence-electron chi connectivity index (χ1n) is 19.0. The smallest absolute Gasteiger partial charge is 0.222 e. The summed E-state index contributed by atoms with van der Waals surface area (Å²) in [5, 5.41) is 11.6. The molecule has 3 N–H and O–H groups in total. The van der Waals surface area contributed by atoms with Crippen LogP contribution in [0.2, 0.25) is 0 Å². The van der Waals surface area contributed by atoms with Crippen LogP contribution >= 0.6 is 0 Å². The van der Waals surface area contributed by atoms with E-state index in [9.17, 15) is 4.79 Å². The molecule has 14 heteroatoms. The molecule has 284 valence electrons. The average molecular weight is 719 g/mol. The maximum Gasteiger partial charge on any atom is 0.222 e. The Balaban J connectivity index is 0.939. The third-order valence-electron chi connectivity index (χ3n) is 9.42. The first kappa shape index (κ1) is 39.1. The van der Waals surface area contributed by atoms with Gasteiger partial charge in [0.2, 0.25) is 11.9 Å². The molecule has 5 rings (SSSR count). The van der Waals surface area contributed by atoms with Gasteiger partial charge in [0.15, 0.2) is 5.82 Å². The molecule has 0 bridgehead atoms. The predicted molar refractivity (Wildman–Crippen MR) is 203 cm³/mol. The second-order valence-electron chi connectivity index (χ2n) is 13.4. The van der Waals surface area contributed by atoms with Crippen molar-refractivity contribution >= 4 is 28.7 Å². The van der Waals surface area contributed by atoms with Crippen LogP contribution in [0.5, 0.6) is 0 Å². The Kier molecular flexibility index (Phi) is 15.6. The standard InChI is InChI=1S/C38H58N10O4/c1-4-6-7-13-40-37-36-34(41-38(39)42-37)12-14-47(36)28-32-11-10-31(26-30(32)3)27-45-15-17-46(18-16-45)35(49)9-8-20-50-22-24-52-25-23-51-21-19-48-29-33(5-2)43-44-48/h10-12,14,26,29H,4-9,13,15-25,27-28H2,1-3H3,(H3,39,40,41,42). The van der Waals surface area contributed by atoms with Crippen LogP contribution in [0, 0.1) is 6.92 Å². The number of rotatable bonds is 23. The molecule has 0 unspecified atom stereocenters. The SMILES string of the molecule is CCCCCNc1nc(N)nc2ccn(Cc3ccc(CN4CCN(C(=O)CCCOCCOCCOCCn5cc(CC)nn5)CC4)cc3C)c12. The molecule has 0 radical (unpaired) electrons. The number of carbonyl (C=O) groups is 1. The zero-order chi connectivity index (χ0) is 36.5. The minimum absolute atomic E-state index is 0.207. The second-order valence-corrected chi connectivity index (χ2v) is 13.4. The van der Waals surface area contributed by atoms with E-state index in [2.05, 4.69) is 80.2 Å². The lowest BCUT2D eigenvalue weighted by atomic mass is 10.0. The van der Waals surface area contributed by atoms with Gasteiger partial charge in [0.05, 0.1) is 50.8 Å². The van der Waals surface area contributed by atoms with Gasteiger partial charge in [0.25, 0.3) is 0 Å². The number of ether oxygens (including phenoxy) is 3. The number of hydrogen-bond acceptors (Lipinski definition) is 11. The van der Waals surface area contributed by atoms with Crippen molar-refractivity contribution in [1.82, 2.24) is 39.3 Å². The molecule has 3 aromatic heterocycles. The number of nitrogens with two attached hydrogens (primary N) is 1. The Hall–Kier alpha value is -4.11. The number of carbonyl (C=O) groups excluding carboxylic acids is 1. The van der Waals surface area contributed by atoms with Crippen molar-refractivity contribution in [2.45, 2.75) is 78.9 Å². The molecule has 0 spiro atoms. The predicted octanol–water partition coefficient (Wildman–Crippen LogP) is 4.30. The fraction of sp³-hybridized carbons (Fsp3) is 0.605. The summed E-state index contributed by atoms with van der Waals surface area (Å²) in [5.41, 5.74) is 12.6. The van der Waals surface area contributed by atoms with Crippen LogP contribution in [-0.2, 0) is 45.1 Å². The first-order valence-corrected chi connectivity index (χ1v) is 19.0. The number of benzene rings is 1. The van der Waals surface area contributed by atoms with Crippen molar-refractivity contribution in [1.29, 1.82) is 0 Å². The largest absolute Gasteiger partial charge is 0.379 e. The monoisotopic (exact) mass is 718 g/mol. The maximum atomic E-state index is 12.8. The summed E-state index contributed by atoms with van der Waals surface area (Å²) < 4.78 is 20.8. The summed E-state index contributed by atoms with van der Waals surface area (Å²) in [4.78, 5) is 26.2. The number of nitrogens with one attached hydrogen (secondary N) is 1. The lowest BCUT2D eigenvalue weighted by molar-refractivity contribution is -0.133. The lowest BCUT2D eigenvalue weighted by Gasteiger charge is -2.35. The molecular formula is C38H58N10O4. The van der Waals surface area contributed by atoms with E-state index in [0.717, 1.165) is 81.2 Å². The highest BCUT2D eigenvalue weighted by Crippen LogP contribution is 2.25. The summed E-state index contributed by atoms with van der Waals surface area (Å²) in [5.74, 6) is 1.29. The maximum absolute atomic E-state index is 12.8. The van der Waals surface area contributed by atoms with Gasteiger partial charge in [-0.25, -0.2) is 9.67 Å². The molecule has 1 aromatic carbocycles. The van der Waals surface area contributed by atoms with Gasteiger partial charge < -0.3 is 34.7 Å². The third-order valence-corrected chi connectivity index (χ3v) is 9.42. The summed E-state index contributed by atoms with van der Waals surface area (Å²) in [6.07, 6.45) is 9.55. The van der Waals surface area contributed by atoms with Crippen LogP contribution in [0.4, 0.5) is 11.8 Å². The number of aromatic nitrogens is 6. The molecule has 0 aliphatic carbocycles. The molecule has 1 fully saturated rings. The van der Waals surface area contributed by atoms with Crippen molar-refractivity contribution in [3.8, 4) is 0 Å². The number of aryl methyl sites for hydroxylation is 2. The highest BCUT2D eigenvalue weighted by molar-refractivity contribution is 5.87. The average Bonchev–Trinajstić information content (AvgIpc) is 3.78. The summed E-state index contributed by atoms with van der Waals surface area (Å²) in [7, 11) is 0. The van der Waals surface area contributed by atoms with Gasteiger partial charge in [-0.2, -0.15) is 4.98 Å². The summed E-state index contributed by atoms with van der Waals surface area (Å²) in [6.45, 7) is 16.0. The highest BCUT2D eigenvalue weighted by Gasteiger charge is 2.21. The van der Waals surface area contributed by atoms with Crippen molar-refractivity contribution in [3.63, 3.8) is 0 Å². The number of nitrogens with zero attached hydrogens (tertiary/aromatic N) is 8. The Labute approximate surface area is 308 Å². The molecule has 0 atom stereocenters. The number of fused-ring (bicyclic) bond motifs is 1. The molecule has 1 aliphatic heterocycles. The Morgan fingerprint density at radius 1 is 0.904 bits per heavy atom. The number of hydrogen-bond donors (Lipinski definition) is 2. The summed E-state index contributed by atoms with van der Waals surface area (Å²) in [6, 6.07) is 8.76. The van der Waals surface area contributed by atoms with Crippen molar-refractivity contribution in [3.05, 3.63) is 59.0 Å². The Bertz CT molecular complexity index is 1670. The zero-order valence-corrected chi connectivity index (χ0v) is 31.4. The van der Waals surface area contributed by atoms with E-state index in [-0.39, 0.29) is 11.9 Å². The lowest BCUT2D eigenvalue weighted by Crippen LogP contribution is -2.48. The molecule has 1 amide bonds. The Morgan fingerprint density at radius 2 is 1.67 bits per heavy atom. The van der Waals surface area contributed by atoms with Crippen molar-refractivity contribution in [2.24, 2.45) is 0 Å². The van der Waals surface area contributed by atoms with Crippen LogP contribution in [0.1, 0.15) is 68.3 Å². The first-order chi connectivity index (χ1) is 25.4. The van der Waals surface area contributed by atoms with Crippen molar-refractivity contribution < 1.29 is 19.0 Å². The second kappa shape index (κ2) is 20.8. The summed E-state index contributed by atoms with van der Waals surface area (Å²) >= 11 is 0. The van der Waals surface area contributed by atoms with E-state index in [4.69, 9.17) is 19.9 Å². The highest BCUT2D eigenvalue weighted by atomic mass is 16.5. The number of unbranched alkanes of at least 4 members (excludes halogenated alkanes) is 2. The van der Waals surface area contributed by atoms with E-state index in [1.165, 1.54) is 29.5 Å².